The molecule has 30 heavy (non-hydrogen) atoms. The largest absolute Gasteiger partial charge is 0.497 e. The summed E-state index contributed by atoms with van der Waals surface area (Å²) in [5.41, 5.74) is 1.10. The molecular formula is C23H35N3O4. The molecule has 0 aromatic heterocycles. The van der Waals surface area contributed by atoms with Gasteiger partial charge in [0, 0.05) is 65.7 Å². The second-order valence-corrected chi connectivity index (χ2v) is 8.57. The maximum atomic E-state index is 12.9. The fourth-order valence-corrected chi connectivity index (χ4v) is 4.79. The van der Waals surface area contributed by atoms with Gasteiger partial charge in [-0.25, -0.2) is 4.79 Å². The van der Waals surface area contributed by atoms with Gasteiger partial charge in [0.25, 0.3) is 0 Å². The quantitative estimate of drug-likeness (QED) is 0.610. The molecule has 166 valence electrons. The van der Waals surface area contributed by atoms with E-state index in [0.29, 0.717) is 18.9 Å². The van der Waals surface area contributed by atoms with E-state index in [-0.39, 0.29) is 23.9 Å². The molecule has 0 aliphatic carbocycles. The second-order valence-electron chi connectivity index (χ2n) is 8.57. The van der Waals surface area contributed by atoms with Crippen LogP contribution in [-0.4, -0.2) is 81.2 Å². The van der Waals surface area contributed by atoms with Gasteiger partial charge >= 0.3 is 6.03 Å². The zero-order valence-corrected chi connectivity index (χ0v) is 18.7. The van der Waals surface area contributed by atoms with Gasteiger partial charge in [0.05, 0.1) is 13.2 Å². The molecule has 3 atom stereocenters. The molecule has 3 rings (SSSR count). The van der Waals surface area contributed by atoms with Crippen LogP contribution in [-0.2, 0) is 9.53 Å². The third kappa shape index (κ3) is 4.89. The smallest absolute Gasteiger partial charge is 0.320 e. The molecule has 2 aliphatic rings. The first-order chi connectivity index (χ1) is 14.5. The van der Waals surface area contributed by atoms with Crippen molar-refractivity contribution in [3.05, 3.63) is 29.8 Å². The molecule has 7 nitrogen and oxygen atoms in total. The van der Waals surface area contributed by atoms with E-state index in [4.69, 9.17) is 9.47 Å². The average molecular weight is 418 g/mol. The van der Waals surface area contributed by atoms with Crippen LogP contribution in [0, 0.1) is 11.8 Å². The number of carbonyl (C=O) groups excluding carboxylic acids is 2. The number of rotatable bonds is 8. The molecule has 1 aromatic rings. The highest BCUT2D eigenvalue weighted by Crippen LogP contribution is 2.45. The molecule has 3 amide bonds. The number of likely N-dealkylation sites (tertiary alicyclic amines) is 2. The molecule has 0 spiro atoms. The summed E-state index contributed by atoms with van der Waals surface area (Å²) in [5, 5.41) is 0. The summed E-state index contributed by atoms with van der Waals surface area (Å²) in [7, 11) is 6.94. The molecule has 0 saturated carbocycles. The monoisotopic (exact) mass is 417 g/mol. The Bertz CT molecular complexity index is 722. The summed E-state index contributed by atoms with van der Waals surface area (Å²) in [6.07, 6.45) is 3.51. The van der Waals surface area contributed by atoms with Crippen molar-refractivity contribution in [3.8, 4) is 5.75 Å². The van der Waals surface area contributed by atoms with Crippen molar-refractivity contribution in [2.45, 2.75) is 31.7 Å². The molecule has 2 fully saturated rings. The first kappa shape index (κ1) is 22.4. The predicted octanol–water partition coefficient (Wildman–Crippen LogP) is 3.01. The Morgan fingerprint density at radius 2 is 1.77 bits per heavy atom. The van der Waals surface area contributed by atoms with Crippen molar-refractivity contribution < 1.29 is 19.1 Å². The lowest BCUT2D eigenvalue weighted by atomic mass is 9.89. The van der Waals surface area contributed by atoms with Crippen LogP contribution in [0.4, 0.5) is 4.79 Å². The minimum atomic E-state index is -0.0182. The summed E-state index contributed by atoms with van der Waals surface area (Å²) in [6.45, 7) is 2.90. The minimum absolute atomic E-state index is 0.0182. The van der Waals surface area contributed by atoms with Crippen LogP contribution in [0.2, 0.25) is 0 Å². The topological polar surface area (TPSA) is 62.3 Å². The standard InChI is InChI=1S/C23H35N3O4/c1-24(2)23(28)26-15-18-14-25(21(27)8-6-5-7-13-29-3)16-20(18)22(26)17-9-11-19(30-4)12-10-17/h9-12,18,20,22H,5-8,13-16H2,1-4H3/t18-,20-,22+/m1/s1. The van der Waals surface area contributed by atoms with E-state index in [1.165, 1.54) is 0 Å². The van der Waals surface area contributed by atoms with Crippen LogP contribution in [0.1, 0.15) is 37.3 Å². The van der Waals surface area contributed by atoms with Gasteiger partial charge < -0.3 is 24.2 Å². The first-order valence-corrected chi connectivity index (χ1v) is 10.8. The van der Waals surface area contributed by atoms with Crippen molar-refractivity contribution >= 4 is 11.9 Å². The van der Waals surface area contributed by atoms with Gasteiger partial charge in [-0.2, -0.15) is 0 Å². The number of methoxy groups -OCH3 is 2. The van der Waals surface area contributed by atoms with Gasteiger partial charge in [0.15, 0.2) is 0 Å². The molecule has 7 heteroatoms. The lowest BCUT2D eigenvalue weighted by molar-refractivity contribution is -0.130. The number of unbranched alkanes of at least 4 members (excludes halogenated alkanes) is 2. The van der Waals surface area contributed by atoms with E-state index in [9.17, 15) is 9.59 Å². The van der Waals surface area contributed by atoms with Gasteiger partial charge in [-0.3, -0.25) is 4.79 Å². The van der Waals surface area contributed by atoms with Gasteiger partial charge in [-0.15, -0.1) is 0 Å². The van der Waals surface area contributed by atoms with Crippen molar-refractivity contribution in [2.24, 2.45) is 11.8 Å². The van der Waals surface area contributed by atoms with Crippen LogP contribution in [0.5, 0.6) is 5.75 Å². The van der Waals surface area contributed by atoms with E-state index in [0.717, 1.165) is 50.3 Å². The van der Waals surface area contributed by atoms with Crippen molar-refractivity contribution in [1.29, 1.82) is 0 Å². The molecule has 0 radical (unpaired) electrons. The highest BCUT2D eigenvalue weighted by atomic mass is 16.5. The van der Waals surface area contributed by atoms with Crippen LogP contribution in [0.25, 0.3) is 0 Å². The Morgan fingerprint density at radius 1 is 1.03 bits per heavy atom. The summed E-state index contributed by atoms with van der Waals surface area (Å²) < 4.78 is 10.4. The first-order valence-electron chi connectivity index (χ1n) is 10.8. The van der Waals surface area contributed by atoms with Crippen molar-refractivity contribution in [2.75, 3.05) is 54.6 Å². The average Bonchev–Trinajstić information content (AvgIpc) is 3.31. The number of nitrogens with zero attached hydrogens (tertiary/aromatic N) is 3. The fourth-order valence-electron chi connectivity index (χ4n) is 4.79. The van der Waals surface area contributed by atoms with E-state index >= 15 is 0 Å². The van der Waals surface area contributed by atoms with E-state index in [1.54, 1.807) is 33.2 Å². The highest BCUT2D eigenvalue weighted by Gasteiger charge is 2.50. The Labute approximate surface area is 179 Å². The normalized spacial score (nSPS) is 22.9. The number of hydrogen-bond donors (Lipinski definition) is 0. The van der Waals surface area contributed by atoms with Crippen molar-refractivity contribution in [3.63, 3.8) is 0 Å². The van der Waals surface area contributed by atoms with E-state index in [1.807, 2.05) is 34.1 Å². The number of ether oxygens (including phenoxy) is 2. The Hall–Kier alpha value is -2.28. The number of carbonyl (C=O) groups is 2. The molecular weight excluding hydrogens is 382 g/mol. The summed E-state index contributed by atoms with van der Waals surface area (Å²) in [6, 6.07) is 7.98. The Balaban J connectivity index is 1.69. The molecule has 2 heterocycles. The minimum Gasteiger partial charge on any atom is -0.497 e. The fraction of sp³-hybridized carbons (Fsp3) is 0.652. The number of amides is 3. The van der Waals surface area contributed by atoms with E-state index in [2.05, 4.69) is 0 Å². The third-order valence-electron chi connectivity index (χ3n) is 6.34. The Kier molecular flexibility index (Phi) is 7.58. The molecule has 1 aromatic carbocycles. The summed E-state index contributed by atoms with van der Waals surface area (Å²) in [4.78, 5) is 31.2. The maximum Gasteiger partial charge on any atom is 0.320 e. The summed E-state index contributed by atoms with van der Waals surface area (Å²) >= 11 is 0. The van der Waals surface area contributed by atoms with Crippen LogP contribution in [0.3, 0.4) is 0 Å². The van der Waals surface area contributed by atoms with Crippen LogP contribution >= 0.6 is 0 Å². The van der Waals surface area contributed by atoms with Gasteiger partial charge in [0.1, 0.15) is 5.75 Å². The molecule has 2 aliphatic heterocycles. The Morgan fingerprint density at radius 3 is 2.40 bits per heavy atom. The maximum absolute atomic E-state index is 12.9. The van der Waals surface area contributed by atoms with Gasteiger partial charge in [-0.05, 0) is 30.5 Å². The second kappa shape index (κ2) is 10.2. The summed E-state index contributed by atoms with van der Waals surface area (Å²) in [5.74, 6) is 1.62. The third-order valence-corrected chi connectivity index (χ3v) is 6.34. The van der Waals surface area contributed by atoms with E-state index < -0.39 is 0 Å². The lowest BCUT2D eigenvalue weighted by Crippen LogP contribution is -2.42. The van der Waals surface area contributed by atoms with Gasteiger partial charge in [-0.1, -0.05) is 18.6 Å². The number of benzene rings is 1. The zero-order chi connectivity index (χ0) is 21.7. The zero-order valence-electron chi connectivity index (χ0n) is 18.7. The van der Waals surface area contributed by atoms with Gasteiger partial charge in [0.2, 0.25) is 5.91 Å². The molecule has 2 saturated heterocycles. The highest BCUT2D eigenvalue weighted by molar-refractivity contribution is 5.77. The molecule has 0 N–H and O–H groups in total. The predicted molar refractivity (Wildman–Crippen MR) is 115 cm³/mol. The SMILES string of the molecule is COCCCCCC(=O)N1C[C@@H]2CN(C(=O)N(C)C)[C@@H](c3ccc(OC)cc3)[C@@H]2C1. The lowest BCUT2D eigenvalue weighted by Gasteiger charge is -2.32. The molecule has 0 unspecified atom stereocenters. The van der Waals surface area contributed by atoms with Crippen LogP contribution in [0.15, 0.2) is 24.3 Å². The molecule has 0 bridgehead atoms. The van der Waals surface area contributed by atoms with Crippen molar-refractivity contribution in [1.82, 2.24) is 14.7 Å². The number of urea groups is 1. The number of hydrogen-bond acceptors (Lipinski definition) is 4. The van der Waals surface area contributed by atoms with Crippen LogP contribution < -0.4 is 4.74 Å². The number of fused-ring (bicyclic) bond motifs is 1.